The monoisotopic (exact) mass is 237 g/mol. The molecule has 0 heterocycles. The first-order valence-electron chi connectivity index (χ1n) is 6.37. The van der Waals surface area contributed by atoms with E-state index < -0.39 is 0 Å². The molecule has 2 unspecified atom stereocenters. The van der Waals surface area contributed by atoms with Crippen LogP contribution < -0.4 is 5.32 Å². The van der Waals surface area contributed by atoms with Crippen LogP contribution in [0, 0.1) is 12.7 Å². The molecule has 0 bridgehead atoms. The van der Waals surface area contributed by atoms with Crippen LogP contribution in [0.2, 0.25) is 0 Å². The summed E-state index contributed by atoms with van der Waals surface area (Å²) in [6.07, 6.45) is 4.99. The van der Waals surface area contributed by atoms with Gasteiger partial charge in [-0.2, -0.15) is 0 Å². The molecular weight excluding hydrogens is 217 g/mol. The third-order valence-corrected chi connectivity index (χ3v) is 3.49. The highest BCUT2D eigenvalue weighted by atomic mass is 19.1. The molecule has 94 valence electrons. The van der Waals surface area contributed by atoms with Crippen molar-refractivity contribution in [2.75, 3.05) is 5.32 Å². The van der Waals surface area contributed by atoms with Crippen molar-refractivity contribution in [3.63, 3.8) is 0 Å². The van der Waals surface area contributed by atoms with Crippen molar-refractivity contribution in [1.29, 1.82) is 0 Å². The van der Waals surface area contributed by atoms with Gasteiger partial charge in [0, 0.05) is 5.69 Å². The Morgan fingerprint density at radius 2 is 2.00 bits per heavy atom. The minimum absolute atomic E-state index is 0.0994. The van der Waals surface area contributed by atoms with Crippen LogP contribution in [0.5, 0.6) is 0 Å². The van der Waals surface area contributed by atoms with Crippen molar-refractivity contribution in [3.8, 4) is 0 Å². The Balaban J connectivity index is 2.05. The molecule has 0 spiro atoms. The maximum atomic E-state index is 13.1. The standard InChI is InChI=1S/C14H20FNO/c1-10-9-11(7-8-12(10)15)16-13-5-3-2-4-6-14(13)17/h7-9,13-14,16-17H,2-6H2,1H3. The summed E-state index contributed by atoms with van der Waals surface area (Å²) < 4.78 is 13.1. The Hall–Kier alpha value is -1.09. The molecule has 0 aromatic heterocycles. The molecule has 1 aliphatic rings. The number of halogens is 1. The zero-order valence-corrected chi connectivity index (χ0v) is 10.2. The number of nitrogens with one attached hydrogen (secondary N) is 1. The summed E-state index contributed by atoms with van der Waals surface area (Å²) in [6, 6.07) is 5.11. The molecule has 1 fully saturated rings. The van der Waals surface area contributed by atoms with Crippen LogP contribution in [-0.4, -0.2) is 17.3 Å². The number of rotatable bonds is 2. The van der Waals surface area contributed by atoms with Gasteiger partial charge in [0.2, 0.25) is 0 Å². The average molecular weight is 237 g/mol. The first-order valence-corrected chi connectivity index (χ1v) is 6.37. The van der Waals surface area contributed by atoms with E-state index in [1.807, 2.05) is 0 Å². The van der Waals surface area contributed by atoms with Gasteiger partial charge in [-0.15, -0.1) is 0 Å². The van der Waals surface area contributed by atoms with Gasteiger partial charge < -0.3 is 10.4 Å². The first kappa shape index (κ1) is 12.4. The quantitative estimate of drug-likeness (QED) is 0.774. The second kappa shape index (κ2) is 5.50. The molecule has 2 nitrogen and oxygen atoms in total. The van der Waals surface area contributed by atoms with E-state index in [0.717, 1.165) is 31.4 Å². The number of anilines is 1. The number of hydrogen-bond acceptors (Lipinski definition) is 2. The van der Waals surface area contributed by atoms with Crippen LogP contribution in [-0.2, 0) is 0 Å². The fourth-order valence-corrected chi connectivity index (χ4v) is 2.40. The van der Waals surface area contributed by atoms with Crippen molar-refractivity contribution in [2.24, 2.45) is 0 Å². The molecule has 2 N–H and O–H groups in total. The van der Waals surface area contributed by atoms with Crippen LogP contribution in [0.25, 0.3) is 0 Å². The highest BCUT2D eigenvalue weighted by Gasteiger charge is 2.21. The van der Waals surface area contributed by atoms with Crippen molar-refractivity contribution < 1.29 is 9.50 Å². The fraction of sp³-hybridized carbons (Fsp3) is 0.571. The summed E-state index contributed by atoms with van der Waals surface area (Å²) in [6.45, 7) is 1.75. The Morgan fingerprint density at radius 1 is 1.24 bits per heavy atom. The van der Waals surface area contributed by atoms with Gasteiger partial charge in [-0.1, -0.05) is 19.3 Å². The molecule has 0 saturated heterocycles. The SMILES string of the molecule is Cc1cc(NC2CCCCCC2O)ccc1F. The number of benzene rings is 1. The van der Waals surface area contributed by atoms with E-state index in [9.17, 15) is 9.50 Å². The van der Waals surface area contributed by atoms with Crippen LogP contribution in [0.3, 0.4) is 0 Å². The summed E-state index contributed by atoms with van der Waals surface area (Å²) in [5.74, 6) is -0.183. The lowest BCUT2D eigenvalue weighted by atomic mass is 10.1. The summed E-state index contributed by atoms with van der Waals surface area (Å²) in [4.78, 5) is 0. The van der Waals surface area contributed by atoms with Gasteiger partial charge in [0.25, 0.3) is 0 Å². The maximum absolute atomic E-state index is 13.1. The van der Waals surface area contributed by atoms with Crippen molar-refractivity contribution in [1.82, 2.24) is 0 Å². The van der Waals surface area contributed by atoms with Gasteiger partial charge in [0.1, 0.15) is 5.82 Å². The topological polar surface area (TPSA) is 32.3 Å². The predicted octanol–water partition coefficient (Wildman–Crippen LogP) is 3.24. The zero-order valence-electron chi connectivity index (χ0n) is 10.2. The van der Waals surface area contributed by atoms with Crippen LogP contribution in [0.15, 0.2) is 18.2 Å². The molecule has 17 heavy (non-hydrogen) atoms. The van der Waals surface area contributed by atoms with Gasteiger partial charge in [-0.25, -0.2) is 4.39 Å². The second-order valence-electron chi connectivity index (χ2n) is 4.92. The van der Waals surface area contributed by atoms with Crippen LogP contribution in [0.1, 0.15) is 37.7 Å². The minimum Gasteiger partial charge on any atom is -0.391 e. The predicted molar refractivity (Wildman–Crippen MR) is 67.6 cm³/mol. The number of aliphatic hydroxyl groups is 1. The van der Waals surface area contributed by atoms with E-state index in [-0.39, 0.29) is 18.0 Å². The Labute approximate surface area is 102 Å². The maximum Gasteiger partial charge on any atom is 0.126 e. The molecule has 2 atom stereocenters. The second-order valence-corrected chi connectivity index (χ2v) is 4.92. The molecule has 0 aliphatic heterocycles. The van der Waals surface area contributed by atoms with Crippen molar-refractivity contribution in [3.05, 3.63) is 29.6 Å². The van der Waals surface area contributed by atoms with Crippen LogP contribution >= 0.6 is 0 Å². The summed E-state index contributed by atoms with van der Waals surface area (Å²) in [5, 5.41) is 13.3. The molecule has 1 saturated carbocycles. The van der Waals surface area contributed by atoms with E-state index in [0.29, 0.717) is 5.56 Å². The van der Waals surface area contributed by atoms with Crippen LogP contribution in [0.4, 0.5) is 10.1 Å². The molecule has 0 radical (unpaired) electrons. The lowest BCUT2D eigenvalue weighted by Gasteiger charge is -2.23. The molecule has 3 heteroatoms. The van der Waals surface area contributed by atoms with E-state index in [2.05, 4.69) is 5.32 Å². The highest BCUT2D eigenvalue weighted by Crippen LogP contribution is 2.22. The minimum atomic E-state index is -0.289. The lowest BCUT2D eigenvalue weighted by Crippen LogP contribution is -2.32. The summed E-state index contributed by atoms with van der Waals surface area (Å²) in [7, 11) is 0. The van der Waals surface area contributed by atoms with Gasteiger partial charge >= 0.3 is 0 Å². The molecular formula is C14H20FNO. The number of hydrogen-bond donors (Lipinski definition) is 2. The first-order chi connectivity index (χ1) is 8.16. The van der Waals surface area contributed by atoms with Crippen molar-refractivity contribution in [2.45, 2.75) is 51.2 Å². The fourth-order valence-electron chi connectivity index (χ4n) is 2.40. The van der Waals surface area contributed by atoms with Gasteiger partial charge in [-0.05, 0) is 43.5 Å². The largest absolute Gasteiger partial charge is 0.391 e. The molecule has 1 aromatic carbocycles. The van der Waals surface area contributed by atoms with Gasteiger partial charge in [-0.3, -0.25) is 0 Å². The summed E-state index contributed by atoms with van der Waals surface area (Å²) >= 11 is 0. The Kier molecular flexibility index (Phi) is 4.00. The smallest absolute Gasteiger partial charge is 0.126 e. The summed E-state index contributed by atoms with van der Waals surface area (Å²) in [5.41, 5.74) is 1.54. The zero-order chi connectivity index (χ0) is 12.3. The molecule has 0 amide bonds. The lowest BCUT2D eigenvalue weighted by molar-refractivity contribution is 0.144. The van der Waals surface area contributed by atoms with Crippen molar-refractivity contribution >= 4 is 5.69 Å². The highest BCUT2D eigenvalue weighted by molar-refractivity contribution is 5.47. The number of aliphatic hydroxyl groups excluding tert-OH is 1. The van der Waals surface area contributed by atoms with Gasteiger partial charge in [0.05, 0.1) is 12.1 Å². The van der Waals surface area contributed by atoms with E-state index >= 15 is 0 Å². The third-order valence-electron chi connectivity index (χ3n) is 3.49. The van der Waals surface area contributed by atoms with E-state index in [4.69, 9.17) is 0 Å². The normalized spacial score (nSPS) is 25.4. The van der Waals surface area contributed by atoms with Gasteiger partial charge in [0.15, 0.2) is 0 Å². The Morgan fingerprint density at radius 3 is 2.76 bits per heavy atom. The molecule has 1 aliphatic carbocycles. The molecule has 1 aromatic rings. The third kappa shape index (κ3) is 3.19. The van der Waals surface area contributed by atoms with E-state index in [1.165, 1.54) is 12.5 Å². The molecule has 2 rings (SSSR count). The van der Waals surface area contributed by atoms with E-state index in [1.54, 1.807) is 19.1 Å². The average Bonchev–Trinajstić information content (AvgIpc) is 2.50. The Bertz CT molecular complexity index is 380. The number of aryl methyl sites for hydroxylation is 1.